The molecule has 0 bridgehead atoms. The van der Waals surface area contributed by atoms with Gasteiger partial charge in [-0.25, -0.2) is 0 Å². The van der Waals surface area contributed by atoms with Crippen LogP contribution in [0.3, 0.4) is 0 Å². The van der Waals surface area contributed by atoms with Crippen molar-refractivity contribution in [2.45, 2.75) is 64.8 Å². The lowest BCUT2D eigenvalue weighted by Crippen LogP contribution is -2.20. The van der Waals surface area contributed by atoms with Crippen LogP contribution in [0.1, 0.15) is 58.8 Å². The van der Waals surface area contributed by atoms with Crippen molar-refractivity contribution in [2.75, 3.05) is 6.54 Å². The average molecular weight is 221 g/mol. The summed E-state index contributed by atoms with van der Waals surface area (Å²) in [7, 11) is 0. The molecular formula is C15H27N. The first-order valence-electron chi connectivity index (χ1n) is 7.21. The van der Waals surface area contributed by atoms with E-state index in [9.17, 15) is 0 Å². The molecule has 2 aliphatic rings. The van der Waals surface area contributed by atoms with Crippen LogP contribution in [0.5, 0.6) is 0 Å². The van der Waals surface area contributed by atoms with Gasteiger partial charge in [0, 0.05) is 12.6 Å². The summed E-state index contributed by atoms with van der Waals surface area (Å²) in [4.78, 5) is 0. The number of hydrogen-bond acceptors (Lipinski definition) is 1. The molecule has 0 aromatic heterocycles. The zero-order chi connectivity index (χ0) is 11.4. The molecule has 2 rings (SSSR count). The Morgan fingerprint density at radius 1 is 1.25 bits per heavy atom. The Kier molecular flexibility index (Phi) is 4.45. The Hall–Kier alpha value is -0.300. The summed E-state index contributed by atoms with van der Waals surface area (Å²) < 4.78 is 0. The molecule has 0 aromatic carbocycles. The number of nitrogens with one attached hydrogen (secondary N) is 1. The van der Waals surface area contributed by atoms with Crippen LogP contribution in [0.4, 0.5) is 0 Å². The quantitative estimate of drug-likeness (QED) is 0.694. The smallest absolute Gasteiger partial charge is 0.0167 e. The van der Waals surface area contributed by atoms with Gasteiger partial charge in [-0.1, -0.05) is 38.3 Å². The van der Waals surface area contributed by atoms with Crippen LogP contribution in [-0.4, -0.2) is 12.6 Å². The van der Waals surface area contributed by atoms with Gasteiger partial charge in [0.15, 0.2) is 0 Å². The highest BCUT2D eigenvalue weighted by molar-refractivity contribution is 5.07. The lowest BCUT2D eigenvalue weighted by Gasteiger charge is -2.25. The molecule has 2 aliphatic carbocycles. The molecule has 2 atom stereocenters. The molecule has 92 valence electrons. The van der Waals surface area contributed by atoms with E-state index in [0.29, 0.717) is 0 Å². The molecule has 1 nitrogen and oxygen atoms in total. The summed E-state index contributed by atoms with van der Waals surface area (Å²) in [5.41, 5.74) is 1.64. The zero-order valence-electron chi connectivity index (χ0n) is 11.0. The molecule has 1 N–H and O–H groups in total. The van der Waals surface area contributed by atoms with Crippen LogP contribution in [0.25, 0.3) is 0 Å². The van der Waals surface area contributed by atoms with Crippen molar-refractivity contribution in [3.63, 3.8) is 0 Å². The van der Waals surface area contributed by atoms with Crippen molar-refractivity contribution in [3.05, 3.63) is 11.6 Å². The third kappa shape index (κ3) is 3.93. The Morgan fingerprint density at radius 2 is 2.06 bits per heavy atom. The van der Waals surface area contributed by atoms with Crippen LogP contribution >= 0.6 is 0 Å². The van der Waals surface area contributed by atoms with Crippen LogP contribution < -0.4 is 5.32 Å². The summed E-state index contributed by atoms with van der Waals surface area (Å²) in [5, 5.41) is 3.64. The average Bonchev–Trinajstić information content (AvgIpc) is 3.08. The third-order valence-corrected chi connectivity index (χ3v) is 4.10. The summed E-state index contributed by atoms with van der Waals surface area (Å²) in [6.45, 7) is 5.85. The van der Waals surface area contributed by atoms with E-state index in [2.05, 4.69) is 25.2 Å². The second kappa shape index (κ2) is 5.86. The summed E-state index contributed by atoms with van der Waals surface area (Å²) >= 11 is 0. The first-order chi connectivity index (χ1) is 7.78. The van der Waals surface area contributed by atoms with Crippen molar-refractivity contribution in [3.8, 4) is 0 Å². The number of rotatable bonds is 5. The van der Waals surface area contributed by atoms with Crippen LogP contribution in [0.15, 0.2) is 11.6 Å². The maximum Gasteiger partial charge on any atom is 0.0167 e. The Bertz CT molecular complexity index is 240. The summed E-state index contributed by atoms with van der Waals surface area (Å²) in [6, 6.07) is 0.847. The van der Waals surface area contributed by atoms with Crippen molar-refractivity contribution in [2.24, 2.45) is 11.8 Å². The Morgan fingerprint density at radius 3 is 2.69 bits per heavy atom. The maximum absolute atomic E-state index is 3.64. The lowest BCUT2D eigenvalue weighted by molar-refractivity contribution is 0.324. The van der Waals surface area contributed by atoms with Gasteiger partial charge in [-0.2, -0.15) is 0 Å². The standard InChI is InChI=1S/C15H27N/c1-3-13(11-16-15-7-8-15)10-14-6-4-5-12(2)9-14/h10,12,14-16H,3-9,11H2,1-2H3/b13-10+. The van der Waals surface area contributed by atoms with Crippen LogP contribution in [0, 0.1) is 11.8 Å². The molecule has 0 aliphatic heterocycles. The molecule has 2 fully saturated rings. The van der Waals surface area contributed by atoms with Gasteiger partial charge in [0.25, 0.3) is 0 Å². The second-order valence-corrected chi connectivity index (χ2v) is 5.87. The number of allylic oxidation sites excluding steroid dienone is 1. The van der Waals surface area contributed by atoms with Gasteiger partial charge >= 0.3 is 0 Å². The minimum Gasteiger partial charge on any atom is -0.310 e. The fourth-order valence-electron chi connectivity index (χ4n) is 2.83. The Labute approximate surface area is 101 Å². The van der Waals surface area contributed by atoms with Gasteiger partial charge in [-0.15, -0.1) is 0 Å². The molecule has 0 heterocycles. The van der Waals surface area contributed by atoms with Crippen LogP contribution in [0.2, 0.25) is 0 Å². The zero-order valence-corrected chi connectivity index (χ0v) is 11.0. The highest BCUT2D eigenvalue weighted by atomic mass is 14.9. The minimum absolute atomic E-state index is 0.847. The topological polar surface area (TPSA) is 12.0 Å². The monoisotopic (exact) mass is 221 g/mol. The first-order valence-corrected chi connectivity index (χ1v) is 7.21. The van der Waals surface area contributed by atoms with Crippen molar-refractivity contribution in [1.82, 2.24) is 5.32 Å². The molecule has 16 heavy (non-hydrogen) atoms. The molecule has 2 unspecified atom stereocenters. The molecule has 0 spiro atoms. The second-order valence-electron chi connectivity index (χ2n) is 5.87. The minimum atomic E-state index is 0.847. The largest absolute Gasteiger partial charge is 0.310 e. The fourth-order valence-corrected chi connectivity index (χ4v) is 2.83. The highest BCUT2D eigenvalue weighted by Crippen LogP contribution is 2.30. The van der Waals surface area contributed by atoms with E-state index in [1.54, 1.807) is 5.57 Å². The van der Waals surface area contributed by atoms with Gasteiger partial charge in [-0.05, 0) is 43.9 Å². The fraction of sp³-hybridized carbons (Fsp3) is 0.867. The van der Waals surface area contributed by atoms with Crippen molar-refractivity contribution < 1.29 is 0 Å². The summed E-state index contributed by atoms with van der Waals surface area (Å²) in [6.07, 6.45) is 12.4. The van der Waals surface area contributed by atoms with Gasteiger partial charge in [-0.3, -0.25) is 0 Å². The molecule has 0 aromatic rings. The van der Waals surface area contributed by atoms with E-state index in [1.165, 1.54) is 44.9 Å². The van der Waals surface area contributed by atoms with Gasteiger partial charge in [0.05, 0.1) is 0 Å². The molecule has 1 heteroatoms. The van der Waals surface area contributed by atoms with E-state index >= 15 is 0 Å². The van der Waals surface area contributed by atoms with Gasteiger partial charge in [0.2, 0.25) is 0 Å². The summed E-state index contributed by atoms with van der Waals surface area (Å²) in [5.74, 6) is 1.82. The first kappa shape index (κ1) is 12.2. The van der Waals surface area contributed by atoms with Gasteiger partial charge < -0.3 is 5.32 Å². The molecular weight excluding hydrogens is 194 g/mol. The Balaban J connectivity index is 1.80. The van der Waals surface area contributed by atoms with E-state index < -0.39 is 0 Å². The predicted octanol–water partition coefficient (Wildman–Crippen LogP) is 3.90. The van der Waals surface area contributed by atoms with E-state index in [-0.39, 0.29) is 0 Å². The normalized spacial score (nSPS) is 31.8. The highest BCUT2D eigenvalue weighted by Gasteiger charge is 2.21. The van der Waals surface area contributed by atoms with E-state index in [0.717, 1.165) is 24.4 Å². The SMILES string of the molecule is CC/C(=C\C1CCCC(C)C1)CNC1CC1. The van der Waals surface area contributed by atoms with E-state index in [1.807, 2.05) is 0 Å². The third-order valence-electron chi connectivity index (χ3n) is 4.10. The molecule has 0 radical (unpaired) electrons. The van der Waals surface area contributed by atoms with E-state index in [4.69, 9.17) is 0 Å². The predicted molar refractivity (Wildman–Crippen MR) is 70.5 cm³/mol. The molecule has 0 saturated heterocycles. The maximum atomic E-state index is 3.64. The van der Waals surface area contributed by atoms with Crippen LogP contribution in [-0.2, 0) is 0 Å². The van der Waals surface area contributed by atoms with Crippen molar-refractivity contribution >= 4 is 0 Å². The number of hydrogen-bond donors (Lipinski definition) is 1. The molecule has 2 saturated carbocycles. The lowest BCUT2D eigenvalue weighted by atomic mass is 9.81. The van der Waals surface area contributed by atoms with Crippen molar-refractivity contribution in [1.29, 1.82) is 0 Å². The van der Waals surface area contributed by atoms with Gasteiger partial charge in [0.1, 0.15) is 0 Å². The molecule has 0 amide bonds.